The first-order valence-corrected chi connectivity index (χ1v) is 27.6. The first-order valence-electron chi connectivity index (χ1n) is 27.2. The number of piperidine rings is 1. The lowest BCUT2D eigenvalue weighted by Gasteiger charge is -2.42. The highest BCUT2D eigenvalue weighted by atomic mass is 32.1. The van der Waals surface area contributed by atoms with Crippen LogP contribution in [0.4, 0.5) is 5.69 Å². The van der Waals surface area contributed by atoms with E-state index in [-0.39, 0.29) is 59.4 Å². The lowest BCUT2D eigenvalue weighted by molar-refractivity contribution is -0.384. The van der Waals surface area contributed by atoms with Crippen molar-refractivity contribution in [3.63, 3.8) is 0 Å². The van der Waals surface area contributed by atoms with Crippen LogP contribution in [-0.4, -0.2) is 131 Å². The van der Waals surface area contributed by atoms with E-state index in [1.807, 2.05) is 71.1 Å². The molecule has 3 fully saturated rings. The molecule has 1 aromatic rings. The molecular weight excluding hydrogens is 997 g/mol. The van der Waals surface area contributed by atoms with Crippen LogP contribution in [0.5, 0.6) is 5.75 Å². The second-order valence-electron chi connectivity index (χ2n) is 21.9. The summed E-state index contributed by atoms with van der Waals surface area (Å²) in [6, 6.07) is 4.45. The van der Waals surface area contributed by atoms with Gasteiger partial charge in [-0.2, -0.15) is 0 Å². The second kappa shape index (κ2) is 29.3. The summed E-state index contributed by atoms with van der Waals surface area (Å²) in [5, 5.41) is 34.6. The fourth-order valence-electron chi connectivity index (χ4n) is 11.3. The number of allylic oxidation sites excluding steroid dienone is 6. The Labute approximate surface area is 454 Å². The molecule has 15 atom stereocenters. The molecule has 3 heterocycles. The number of nitro benzene ring substituents is 1. The number of hydrogen-bond acceptors (Lipinski definition) is 16. The number of esters is 1. The van der Waals surface area contributed by atoms with E-state index < -0.39 is 82.9 Å². The third-order valence-electron chi connectivity index (χ3n) is 16.0. The van der Waals surface area contributed by atoms with E-state index in [1.165, 1.54) is 36.3 Å². The zero-order valence-electron chi connectivity index (χ0n) is 46.3. The van der Waals surface area contributed by atoms with Crippen molar-refractivity contribution in [3.8, 4) is 5.75 Å². The molecule has 18 heteroatoms. The van der Waals surface area contributed by atoms with E-state index in [9.17, 15) is 39.5 Å². The summed E-state index contributed by atoms with van der Waals surface area (Å²) in [6.45, 7) is 13.4. The number of hydrogen-bond donors (Lipinski definition) is 2. The first-order chi connectivity index (χ1) is 36.1. The minimum absolute atomic E-state index is 0.0411. The summed E-state index contributed by atoms with van der Waals surface area (Å²) in [4.78, 5) is 69.0. The van der Waals surface area contributed by atoms with Crippen LogP contribution in [0.15, 0.2) is 71.9 Å². The number of aliphatic hydroxyl groups is 2. The topological polar surface area (TPSA) is 220 Å². The molecule has 1 saturated carbocycles. The molecule has 2 saturated heterocycles. The maximum Gasteiger partial charge on any atom is 0.358 e. The summed E-state index contributed by atoms with van der Waals surface area (Å²) >= 11 is 5.41. The predicted octanol–water partition coefficient (Wildman–Crippen LogP) is 9.30. The molecule has 1 aliphatic carbocycles. The van der Waals surface area contributed by atoms with Gasteiger partial charge in [-0.3, -0.25) is 24.5 Å². The van der Waals surface area contributed by atoms with Gasteiger partial charge in [-0.25, -0.2) is 4.79 Å². The number of cyclic esters (lactones) is 1. The molecular formula is C58H84N2O15S. The molecule has 0 spiro atoms. The fraction of sp³-hybridized carbons (Fsp3) is 0.672. The van der Waals surface area contributed by atoms with Gasteiger partial charge in [0.05, 0.1) is 23.2 Å². The SMILES string of the molecule is CO[C@H]1C[C@@H]2CC[C@@H](C)[C@@](O)(O2)C(=O)C(=O)N2CCCC[C@H]2C(=O)O[C@H]([C@H](C)C[C@@H]2CC[C@@H](OC(=S)Oc3ccc([N+](=O)[O-])cc3)[C@H](OC)C2)CC[C@H](C)/C=C(\C)[C@@H](O)[C@@H](OC)C(=O)[C@H](C)C[C@H](C)/C=C/C=C/C=C/1C. The highest BCUT2D eigenvalue weighted by molar-refractivity contribution is 7.79. The van der Waals surface area contributed by atoms with Crippen LogP contribution >= 0.6 is 12.2 Å². The van der Waals surface area contributed by atoms with Crippen LogP contribution in [0.2, 0.25) is 0 Å². The normalized spacial score (nSPS) is 36.0. The Bertz CT molecular complexity index is 2270. The number of methoxy groups -OCH3 is 3. The van der Waals surface area contributed by atoms with Crippen molar-refractivity contribution in [3.05, 3.63) is 82.0 Å². The molecule has 76 heavy (non-hydrogen) atoms. The summed E-state index contributed by atoms with van der Waals surface area (Å²) in [5.74, 6) is -6.30. The Kier molecular flexibility index (Phi) is 24.0. The second-order valence-corrected chi connectivity index (χ2v) is 22.2. The summed E-state index contributed by atoms with van der Waals surface area (Å²) in [7, 11) is 4.61. The predicted molar refractivity (Wildman–Crippen MR) is 290 cm³/mol. The smallest absolute Gasteiger partial charge is 0.358 e. The number of aliphatic hydroxyl groups excluding tert-OH is 1. The lowest BCUT2D eigenvalue weighted by Crippen LogP contribution is -2.61. The number of nitro groups is 1. The van der Waals surface area contributed by atoms with Gasteiger partial charge in [0, 0.05) is 70.5 Å². The molecule has 1 aromatic carbocycles. The van der Waals surface area contributed by atoms with Gasteiger partial charge in [0.1, 0.15) is 36.2 Å². The maximum absolute atomic E-state index is 14.6. The number of ketones is 2. The van der Waals surface area contributed by atoms with Crippen molar-refractivity contribution in [1.82, 2.24) is 4.90 Å². The Hall–Kier alpha value is -4.69. The van der Waals surface area contributed by atoms with Crippen LogP contribution < -0.4 is 4.74 Å². The fourth-order valence-corrected chi connectivity index (χ4v) is 11.5. The molecule has 0 aromatic heterocycles. The van der Waals surface area contributed by atoms with Crippen LogP contribution in [0.3, 0.4) is 0 Å². The Morgan fingerprint density at radius 3 is 2.25 bits per heavy atom. The van der Waals surface area contributed by atoms with E-state index >= 15 is 0 Å². The van der Waals surface area contributed by atoms with E-state index in [4.69, 9.17) is 45.4 Å². The molecule has 2 bridgehead atoms. The Morgan fingerprint density at radius 2 is 1.58 bits per heavy atom. The molecule has 422 valence electrons. The summed E-state index contributed by atoms with van der Waals surface area (Å²) < 4.78 is 41.9. The molecule has 0 radical (unpaired) electrons. The van der Waals surface area contributed by atoms with Crippen LogP contribution in [0, 0.1) is 45.6 Å². The van der Waals surface area contributed by atoms with E-state index in [0.29, 0.717) is 82.0 Å². The van der Waals surface area contributed by atoms with Crippen molar-refractivity contribution >= 4 is 46.6 Å². The quantitative estimate of drug-likeness (QED) is 0.0588. The van der Waals surface area contributed by atoms with E-state index in [0.717, 1.165) is 12.0 Å². The van der Waals surface area contributed by atoms with Crippen molar-refractivity contribution in [1.29, 1.82) is 0 Å². The van der Waals surface area contributed by atoms with Gasteiger partial charge in [0.2, 0.25) is 5.79 Å². The number of ether oxygens (including phenoxy) is 7. The number of thiocarbonyl (C=S) groups is 1. The monoisotopic (exact) mass is 1080 g/mol. The van der Waals surface area contributed by atoms with Crippen LogP contribution in [-0.2, 0) is 47.6 Å². The zero-order valence-corrected chi connectivity index (χ0v) is 47.1. The third-order valence-corrected chi connectivity index (χ3v) is 16.2. The maximum atomic E-state index is 14.6. The van der Waals surface area contributed by atoms with Gasteiger partial charge in [0.15, 0.2) is 5.78 Å². The molecule has 1 amide bonds. The number of non-ortho nitro benzene ring substituents is 1. The summed E-state index contributed by atoms with van der Waals surface area (Å²) in [6.07, 6.45) is 13.6. The Morgan fingerprint density at radius 1 is 0.855 bits per heavy atom. The van der Waals surface area contributed by atoms with E-state index in [1.54, 1.807) is 28.1 Å². The lowest BCUT2D eigenvalue weighted by atomic mass is 9.78. The van der Waals surface area contributed by atoms with Crippen LogP contribution in [0.25, 0.3) is 0 Å². The third kappa shape index (κ3) is 16.9. The first kappa shape index (κ1) is 62.2. The average molecular weight is 1080 g/mol. The number of nitrogens with zero attached hydrogens (tertiary/aromatic N) is 2. The minimum Gasteiger partial charge on any atom is -0.461 e. The number of Topliss-reactive ketones (excluding diaryl/α,β-unsaturated/α-hetero) is 2. The number of amides is 1. The van der Waals surface area contributed by atoms with Crippen LogP contribution in [0.1, 0.15) is 132 Å². The number of fused-ring (bicyclic) bond motifs is 3. The van der Waals surface area contributed by atoms with Gasteiger partial charge in [-0.05, 0) is 138 Å². The molecule has 4 aliphatic rings. The minimum atomic E-state index is -2.42. The molecule has 5 rings (SSSR count). The van der Waals surface area contributed by atoms with Gasteiger partial charge < -0.3 is 48.3 Å². The number of benzene rings is 1. The highest BCUT2D eigenvalue weighted by Gasteiger charge is 2.53. The van der Waals surface area contributed by atoms with Gasteiger partial charge in [0.25, 0.3) is 17.4 Å². The summed E-state index contributed by atoms with van der Waals surface area (Å²) in [5.41, 5.74) is 1.38. The molecule has 17 nitrogen and oxygen atoms in total. The number of rotatable bonds is 9. The molecule has 0 unspecified atom stereocenters. The standard InChI is InChI=1S/C58H84N2O15S/c1-35-16-12-11-13-17-37(3)49(69-8)34-45-24-20-41(7)58(66,75-45)54(63)55(64)59-29-15-14-18-46(59)56(65)73-47(27-19-36(2)31-40(6)52(62)53(71-10)51(61)39(5)30-35)38(4)32-42-21-28-48(50(33-42)70-9)74-57(76)72-44-25-22-43(23-26-44)60(67)68/h11-13,16-17,22-23,25-26,31,35-36,38-39,41-42,45-50,52-53,62,66H,14-15,18-21,24,27-30,32-34H2,1-10H3/b13-11+,16-12+,37-17+,40-31+/t35-,36+,38-,39-,41-,42+,45+,46+,47+,48-,49+,50-,52-,53+,58-/m1/s1. The number of carbonyl (C=O) groups is 4. The molecule has 3 aliphatic heterocycles. The largest absolute Gasteiger partial charge is 0.461 e. The Balaban J connectivity index is 1.39. The van der Waals surface area contributed by atoms with Crippen molar-refractivity contribution in [2.24, 2.45) is 35.5 Å². The average Bonchev–Trinajstić information content (AvgIpc) is 3.39. The molecule has 2 N–H and O–H groups in total. The van der Waals surface area contributed by atoms with E-state index in [2.05, 4.69) is 0 Å². The van der Waals surface area contributed by atoms with Gasteiger partial charge >= 0.3 is 11.2 Å². The zero-order chi connectivity index (χ0) is 55.9. The van der Waals surface area contributed by atoms with Gasteiger partial charge in [-0.15, -0.1) is 0 Å². The number of carbonyl (C=O) groups excluding carboxylic acids is 4. The van der Waals surface area contributed by atoms with Crippen molar-refractivity contribution < 1.29 is 67.5 Å². The van der Waals surface area contributed by atoms with Gasteiger partial charge in [-0.1, -0.05) is 71.1 Å². The van der Waals surface area contributed by atoms with Crippen molar-refractivity contribution in [2.75, 3.05) is 27.9 Å². The van der Waals surface area contributed by atoms with Crippen molar-refractivity contribution in [2.45, 2.75) is 186 Å². The highest BCUT2D eigenvalue weighted by Crippen LogP contribution is 2.38.